The van der Waals surface area contributed by atoms with Crippen molar-refractivity contribution in [2.45, 2.75) is 58.0 Å². The fraction of sp³-hybridized carbons (Fsp3) is 0.333. The van der Waals surface area contributed by atoms with Gasteiger partial charge in [0.2, 0.25) is 11.8 Å². The molecule has 0 saturated carbocycles. The van der Waals surface area contributed by atoms with E-state index in [1.807, 2.05) is 69.3 Å². The lowest BCUT2D eigenvalue weighted by atomic mass is 10.0. The van der Waals surface area contributed by atoms with Crippen molar-refractivity contribution >= 4 is 23.6 Å². The molecule has 3 aromatic rings. The van der Waals surface area contributed by atoms with Crippen LogP contribution in [0.3, 0.4) is 0 Å². The van der Waals surface area contributed by atoms with Crippen LogP contribution in [0.4, 0.5) is 4.39 Å². The molecule has 1 N–H and O–H groups in total. The average Bonchev–Trinajstić information content (AvgIpc) is 2.87. The van der Waals surface area contributed by atoms with Crippen LogP contribution in [-0.2, 0) is 28.3 Å². The van der Waals surface area contributed by atoms with Gasteiger partial charge in [-0.3, -0.25) is 9.59 Å². The number of benzene rings is 3. The maximum atomic E-state index is 14.6. The van der Waals surface area contributed by atoms with Crippen LogP contribution < -0.4 is 5.32 Å². The van der Waals surface area contributed by atoms with Crippen LogP contribution in [0.15, 0.2) is 78.9 Å². The molecule has 0 aliphatic carbocycles. The molecular formula is C30H35FN2O2S. The summed E-state index contributed by atoms with van der Waals surface area (Å²) in [4.78, 5) is 28.6. The smallest absolute Gasteiger partial charge is 0.243 e. The monoisotopic (exact) mass is 506 g/mol. The van der Waals surface area contributed by atoms with Crippen molar-refractivity contribution in [2.24, 2.45) is 0 Å². The lowest BCUT2D eigenvalue weighted by molar-refractivity contribution is -0.139. The van der Waals surface area contributed by atoms with Gasteiger partial charge in [0.25, 0.3) is 0 Å². The number of carbonyl (C=O) groups excluding carboxylic acids is 2. The summed E-state index contributed by atoms with van der Waals surface area (Å²) in [6.07, 6.45) is 1.13. The average molecular weight is 507 g/mol. The van der Waals surface area contributed by atoms with Crippen LogP contribution in [0.1, 0.15) is 42.5 Å². The van der Waals surface area contributed by atoms with Crippen LogP contribution in [0, 0.1) is 12.7 Å². The zero-order chi connectivity index (χ0) is 25.9. The second-order valence-corrected chi connectivity index (χ2v) is 10.1. The standard InChI is InChI=1S/C30H35FN2O2S/c1-4-23(3)32-30(35)28(18-24-12-6-5-7-13-24)33(19-26-15-8-9-16-27(26)31)29(34)21-36-20-25-14-10-11-22(2)17-25/h5-17,23,28H,4,18-21H2,1-3H3,(H,32,35)/t23-,28+/m0/s1. The highest BCUT2D eigenvalue weighted by Crippen LogP contribution is 2.20. The normalized spacial score (nSPS) is 12.6. The van der Waals surface area contributed by atoms with Crippen LogP contribution in [0.5, 0.6) is 0 Å². The number of nitrogens with one attached hydrogen (secondary N) is 1. The summed E-state index contributed by atoms with van der Waals surface area (Å²) in [5.74, 6) is 0.0921. The van der Waals surface area contributed by atoms with E-state index in [0.29, 0.717) is 17.7 Å². The van der Waals surface area contributed by atoms with E-state index in [2.05, 4.69) is 11.4 Å². The molecule has 6 heteroatoms. The van der Waals surface area contributed by atoms with Gasteiger partial charge in [0.05, 0.1) is 5.75 Å². The molecule has 0 aliphatic rings. The van der Waals surface area contributed by atoms with Gasteiger partial charge in [0, 0.05) is 30.3 Å². The van der Waals surface area contributed by atoms with Gasteiger partial charge >= 0.3 is 0 Å². The molecule has 0 radical (unpaired) electrons. The van der Waals surface area contributed by atoms with Gasteiger partial charge in [-0.1, -0.05) is 85.3 Å². The van der Waals surface area contributed by atoms with E-state index in [1.54, 1.807) is 23.1 Å². The molecule has 2 atom stereocenters. The summed E-state index contributed by atoms with van der Waals surface area (Å²) in [5.41, 5.74) is 3.65. The van der Waals surface area contributed by atoms with Gasteiger partial charge in [-0.25, -0.2) is 4.39 Å². The molecular weight excluding hydrogens is 471 g/mol. The van der Waals surface area contributed by atoms with E-state index < -0.39 is 6.04 Å². The molecule has 0 unspecified atom stereocenters. The second kappa shape index (κ2) is 13.8. The van der Waals surface area contributed by atoms with E-state index >= 15 is 0 Å². The van der Waals surface area contributed by atoms with Gasteiger partial charge in [-0.15, -0.1) is 11.8 Å². The molecule has 0 heterocycles. The largest absolute Gasteiger partial charge is 0.352 e. The summed E-state index contributed by atoms with van der Waals surface area (Å²) in [6, 6.07) is 23.5. The molecule has 2 amide bonds. The summed E-state index contributed by atoms with van der Waals surface area (Å²) >= 11 is 1.50. The zero-order valence-corrected chi connectivity index (χ0v) is 22.1. The molecule has 4 nitrogen and oxygen atoms in total. The number of hydrogen-bond donors (Lipinski definition) is 1. The van der Waals surface area contributed by atoms with Crippen molar-refractivity contribution in [3.05, 3.63) is 107 Å². The second-order valence-electron chi connectivity index (χ2n) is 9.12. The summed E-state index contributed by atoms with van der Waals surface area (Å²) in [7, 11) is 0. The lowest BCUT2D eigenvalue weighted by Gasteiger charge is -2.32. The molecule has 0 aliphatic heterocycles. The Morgan fingerprint density at radius 1 is 0.972 bits per heavy atom. The Kier molecular flexibility index (Phi) is 10.6. The first kappa shape index (κ1) is 27.5. The Hall–Kier alpha value is -3.12. The molecule has 0 spiro atoms. The number of rotatable bonds is 12. The molecule has 0 fully saturated rings. The Morgan fingerprint density at radius 3 is 2.36 bits per heavy atom. The summed E-state index contributed by atoms with van der Waals surface area (Å²) in [6.45, 7) is 6.01. The molecule has 3 aromatic carbocycles. The number of nitrogens with zero attached hydrogens (tertiary/aromatic N) is 1. The first-order chi connectivity index (χ1) is 17.4. The Bertz CT molecular complexity index is 1140. The minimum atomic E-state index is -0.756. The Labute approximate surface area is 218 Å². The molecule has 0 saturated heterocycles. The number of aryl methyl sites for hydroxylation is 1. The number of thioether (sulfide) groups is 1. The number of carbonyl (C=O) groups is 2. The minimum absolute atomic E-state index is 0.0297. The first-order valence-electron chi connectivity index (χ1n) is 12.4. The topological polar surface area (TPSA) is 49.4 Å². The Balaban J connectivity index is 1.86. The molecule has 190 valence electrons. The predicted octanol–water partition coefficient (Wildman–Crippen LogP) is 5.92. The van der Waals surface area contributed by atoms with Crippen molar-refractivity contribution in [2.75, 3.05) is 5.75 Å². The van der Waals surface area contributed by atoms with Crippen molar-refractivity contribution < 1.29 is 14.0 Å². The molecule has 3 rings (SSSR count). The molecule has 36 heavy (non-hydrogen) atoms. The number of hydrogen-bond acceptors (Lipinski definition) is 3. The maximum Gasteiger partial charge on any atom is 0.243 e. The van der Waals surface area contributed by atoms with Crippen molar-refractivity contribution in [3.8, 4) is 0 Å². The molecule has 0 aromatic heterocycles. The fourth-order valence-electron chi connectivity index (χ4n) is 3.95. The predicted molar refractivity (Wildman–Crippen MR) is 146 cm³/mol. The summed E-state index contributed by atoms with van der Waals surface area (Å²) in [5, 5.41) is 3.04. The van der Waals surface area contributed by atoms with Gasteiger partial charge in [0.15, 0.2) is 0 Å². The van der Waals surface area contributed by atoms with E-state index in [-0.39, 0.29) is 36.0 Å². The fourth-order valence-corrected chi connectivity index (χ4v) is 4.80. The van der Waals surface area contributed by atoms with E-state index in [9.17, 15) is 14.0 Å². The van der Waals surface area contributed by atoms with E-state index in [4.69, 9.17) is 0 Å². The third-order valence-corrected chi connectivity index (χ3v) is 7.14. The van der Waals surface area contributed by atoms with Gasteiger partial charge in [-0.05, 0) is 37.5 Å². The van der Waals surface area contributed by atoms with Crippen LogP contribution in [0.25, 0.3) is 0 Å². The van der Waals surface area contributed by atoms with Gasteiger partial charge < -0.3 is 10.2 Å². The molecule has 0 bridgehead atoms. The summed E-state index contributed by atoms with van der Waals surface area (Å²) < 4.78 is 14.6. The van der Waals surface area contributed by atoms with Crippen molar-refractivity contribution in [1.29, 1.82) is 0 Å². The maximum absolute atomic E-state index is 14.6. The SMILES string of the molecule is CC[C@H](C)NC(=O)[C@@H](Cc1ccccc1)N(Cc1ccccc1F)C(=O)CSCc1cccc(C)c1. The Morgan fingerprint density at radius 2 is 1.67 bits per heavy atom. The van der Waals surface area contributed by atoms with Crippen LogP contribution in [-0.4, -0.2) is 34.6 Å². The quantitative estimate of drug-likeness (QED) is 0.332. The first-order valence-corrected chi connectivity index (χ1v) is 13.5. The third kappa shape index (κ3) is 8.23. The highest BCUT2D eigenvalue weighted by Gasteiger charge is 2.31. The van der Waals surface area contributed by atoms with Crippen LogP contribution in [0.2, 0.25) is 0 Å². The zero-order valence-electron chi connectivity index (χ0n) is 21.2. The highest BCUT2D eigenvalue weighted by molar-refractivity contribution is 7.99. The number of amides is 2. The third-order valence-electron chi connectivity index (χ3n) is 6.15. The van der Waals surface area contributed by atoms with E-state index in [1.165, 1.54) is 23.4 Å². The highest BCUT2D eigenvalue weighted by atomic mass is 32.2. The number of halogens is 1. The van der Waals surface area contributed by atoms with Crippen molar-refractivity contribution in [1.82, 2.24) is 10.2 Å². The lowest BCUT2D eigenvalue weighted by Crippen LogP contribution is -2.52. The van der Waals surface area contributed by atoms with E-state index in [0.717, 1.165) is 17.5 Å². The van der Waals surface area contributed by atoms with Gasteiger partial charge in [-0.2, -0.15) is 0 Å². The van der Waals surface area contributed by atoms with Crippen molar-refractivity contribution in [3.63, 3.8) is 0 Å². The minimum Gasteiger partial charge on any atom is -0.352 e. The van der Waals surface area contributed by atoms with Crippen LogP contribution >= 0.6 is 11.8 Å². The van der Waals surface area contributed by atoms with Gasteiger partial charge in [0.1, 0.15) is 11.9 Å².